The van der Waals surface area contributed by atoms with E-state index < -0.39 is 5.97 Å². The van der Waals surface area contributed by atoms with Crippen molar-refractivity contribution >= 4 is 28.0 Å². The first-order chi connectivity index (χ1) is 10.2. The number of carbonyl (C=O) groups is 1. The molecule has 21 heavy (non-hydrogen) atoms. The highest BCUT2D eigenvalue weighted by atomic mass is 79.9. The van der Waals surface area contributed by atoms with Gasteiger partial charge in [-0.25, -0.2) is 4.79 Å². The average Bonchev–Trinajstić information content (AvgIpc) is 2.53. The highest BCUT2D eigenvalue weighted by Gasteiger charge is 2.11. The minimum Gasteiger partial charge on any atom is -0.489 e. The van der Waals surface area contributed by atoms with Crippen LogP contribution in [0.2, 0.25) is 0 Å². The second kappa shape index (κ2) is 7.64. The Morgan fingerprint density at radius 3 is 2.43 bits per heavy atom. The SMILES string of the molecule is COC(=O)/C(=C/c1ccccc1Br)COc1ccccc1. The topological polar surface area (TPSA) is 35.5 Å². The summed E-state index contributed by atoms with van der Waals surface area (Å²) in [5, 5.41) is 0. The van der Waals surface area contributed by atoms with Gasteiger partial charge in [0.2, 0.25) is 0 Å². The number of benzene rings is 2. The number of hydrogen-bond donors (Lipinski definition) is 0. The van der Waals surface area contributed by atoms with E-state index in [9.17, 15) is 4.79 Å². The molecule has 0 aromatic heterocycles. The molecule has 0 atom stereocenters. The first-order valence-electron chi connectivity index (χ1n) is 6.42. The molecule has 0 fully saturated rings. The maximum atomic E-state index is 11.9. The Balaban J connectivity index is 2.19. The Morgan fingerprint density at radius 2 is 1.76 bits per heavy atom. The number of carbonyl (C=O) groups excluding carboxylic acids is 1. The van der Waals surface area contributed by atoms with Crippen molar-refractivity contribution in [3.8, 4) is 5.75 Å². The first kappa shape index (κ1) is 15.3. The van der Waals surface area contributed by atoms with Gasteiger partial charge in [-0.05, 0) is 29.8 Å². The van der Waals surface area contributed by atoms with E-state index in [2.05, 4.69) is 15.9 Å². The molecule has 0 aliphatic heterocycles. The number of ether oxygens (including phenoxy) is 2. The summed E-state index contributed by atoms with van der Waals surface area (Å²) in [4.78, 5) is 11.9. The summed E-state index contributed by atoms with van der Waals surface area (Å²) >= 11 is 3.45. The van der Waals surface area contributed by atoms with Crippen molar-refractivity contribution in [2.75, 3.05) is 13.7 Å². The third-order valence-electron chi connectivity index (χ3n) is 2.82. The Hall–Kier alpha value is -2.07. The zero-order valence-corrected chi connectivity index (χ0v) is 13.2. The van der Waals surface area contributed by atoms with Crippen LogP contribution < -0.4 is 4.74 Å². The van der Waals surface area contributed by atoms with Crippen molar-refractivity contribution in [1.29, 1.82) is 0 Å². The highest BCUT2D eigenvalue weighted by Crippen LogP contribution is 2.20. The number of methoxy groups -OCH3 is 1. The Bertz CT molecular complexity index is 635. The van der Waals surface area contributed by atoms with Crippen LogP contribution in [0.15, 0.2) is 64.6 Å². The van der Waals surface area contributed by atoms with Crippen LogP contribution in [0.4, 0.5) is 0 Å². The summed E-state index contributed by atoms with van der Waals surface area (Å²) in [5.41, 5.74) is 1.35. The maximum absolute atomic E-state index is 11.9. The molecule has 2 aromatic rings. The summed E-state index contributed by atoms with van der Waals surface area (Å²) in [6.45, 7) is 0.151. The van der Waals surface area contributed by atoms with Gasteiger partial charge in [0.15, 0.2) is 0 Å². The number of rotatable bonds is 5. The van der Waals surface area contributed by atoms with Gasteiger partial charge in [-0.2, -0.15) is 0 Å². The molecule has 0 amide bonds. The van der Waals surface area contributed by atoms with E-state index in [0.29, 0.717) is 11.3 Å². The first-order valence-corrected chi connectivity index (χ1v) is 7.21. The van der Waals surface area contributed by atoms with E-state index in [4.69, 9.17) is 9.47 Å². The summed E-state index contributed by atoms with van der Waals surface area (Å²) in [6.07, 6.45) is 1.76. The molecule has 2 rings (SSSR count). The molecule has 0 N–H and O–H groups in total. The van der Waals surface area contributed by atoms with Crippen LogP contribution in [-0.2, 0) is 9.53 Å². The second-order valence-electron chi connectivity index (χ2n) is 4.28. The second-order valence-corrected chi connectivity index (χ2v) is 5.14. The molecule has 0 spiro atoms. The smallest absolute Gasteiger partial charge is 0.337 e. The lowest BCUT2D eigenvalue weighted by Crippen LogP contribution is -2.12. The van der Waals surface area contributed by atoms with E-state index in [0.717, 1.165) is 10.0 Å². The lowest BCUT2D eigenvalue weighted by molar-refractivity contribution is -0.136. The molecule has 0 aliphatic rings. The fourth-order valence-corrected chi connectivity index (χ4v) is 2.15. The van der Waals surface area contributed by atoms with Gasteiger partial charge in [0.1, 0.15) is 12.4 Å². The van der Waals surface area contributed by atoms with Crippen molar-refractivity contribution in [1.82, 2.24) is 0 Å². The van der Waals surface area contributed by atoms with E-state index in [1.807, 2.05) is 54.6 Å². The number of halogens is 1. The van der Waals surface area contributed by atoms with E-state index in [1.165, 1.54) is 7.11 Å². The van der Waals surface area contributed by atoms with Crippen LogP contribution in [0.3, 0.4) is 0 Å². The predicted molar refractivity (Wildman–Crippen MR) is 86.1 cm³/mol. The molecule has 0 unspecified atom stereocenters. The highest BCUT2D eigenvalue weighted by molar-refractivity contribution is 9.10. The zero-order chi connectivity index (χ0) is 15.1. The molecule has 0 saturated carbocycles. The van der Waals surface area contributed by atoms with Gasteiger partial charge in [0.25, 0.3) is 0 Å². The van der Waals surface area contributed by atoms with Crippen molar-refractivity contribution in [2.24, 2.45) is 0 Å². The van der Waals surface area contributed by atoms with Crippen LogP contribution >= 0.6 is 15.9 Å². The Labute approximate surface area is 132 Å². The van der Waals surface area contributed by atoms with E-state index in [1.54, 1.807) is 6.08 Å². The molecule has 3 nitrogen and oxygen atoms in total. The van der Waals surface area contributed by atoms with Crippen molar-refractivity contribution < 1.29 is 14.3 Å². The van der Waals surface area contributed by atoms with Gasteiger partial charge < -0.3 is 9.47 Å². The summed E-state index contributed by atoms with van der Waals surface area (Å²) in [7, 11) is 1.36. The monoisotopic (exact) mass is 346 g/mol. The maximum Gasteiger partial charge on any atom is 0.337 e. The quantitative estimate of drug-likeness (QED) is 0.604. The summed E-state index contributed by atoms with van der Waals surface area (Å²) in [6, 6.07) is 17.0. The van der Waals surface area contributed by atoms with Gasteiger partial charge in [-0.1, -0.05) is 52.3 Å². The fraction of sp³-hybridized carbons (Fsp3) is 0.118. The van der Waals surface area contributed by atoms with Gasteiger partial charge in [-0.15, -0.1) is 0 Å². The molecule has 108 valence electrons. The molecular weight excluding hydrogens is 332 g/mol. The van der Waals surface area contributed by atoms with Gasteiger partial charge in [-0.3, -0.25) is 0 Å². The normalized spacial score (nSPS) is 11.0. The van der Waals surface area contributed by atoms with Gasteiger partial charge in [0, 0.05) is 4.47 Å². The summed E-state index contributed by atoms with van der Waals surface area (Å²) in [5.74, 6) is 0.307. The van der Waals surface area contributed by atoms with Crippen LogP contribution in [-0.4, -0.2) is 19.7 Å². The van der Waals surface area contributed by atoms with Crippen LogP contribution in [0, 0.1) is 0 Å². The standard InChI is InChI=1S/C17H15BrO3/c1-20-17(19)14(11-13-7-5-6-10-16(13)18)12-21-15-8-3-2-4-9-15/h2-11H,12H2,1H3/b14-11+. The molecule has 0 heterocycles. The summed E-state index contributed by atoms with van der Waals surface area (Å²) < 4.78 is 11.3. The number of para-hydroxylation sites is 1. The molecule has 0 bridgehead atoms. The fourth-order valence-electron chi connectivity index (χ4n) is 1.75. The minimum atomic E-state index is -0.401. The van der Waals surface area contributed by atoms with E-state index in [-0.39, 0.29) is 6.61 Å². The third kappa shape index (κ3) is 4.46. The van der Waals surface area contributed by atoms with Gasteiger partial charge >= 0.3 is 5.97 Å². The minimum absolute atomic E-state index is 0.151. The van der Waals surface area contributed by atoms with Crippen molar-refractivity contribution in [3.05, 3.63) is 70.2 Å². The van der Waals surface area contributed by atoms with E-state index >= 15 is 0 Å². The zero-order valence-electron chi connectivity index (χ0n) is 11.6. The number of esters is 1. The van der Waals surface area contributed by atoms with Crippen molar-refractivity contribution in [2.45, 2.75) is 0 Å². The lowest BCUT2D eigenvalue weighted by Gasteiger charge is -2.09. The molecule has 0 radical (unpaired) electrons. The predicted octanol–water partition coefficient (Wildman–Crippen LogP) is 4.08. The Morgan fingerprint density at radius 1 is 1.10 bits per heavy atom. The molecular formula is C17H15BrO3. The number of hydrogen-bond acceptors (Lipinski definition) is 3. The van der Waals surface area contributed by atoms with Gasteiger partial charge in [0.05, 0.1) is 12.7 Å². The molecule has 4 heteroatoms. The van der Waals surface area contributed by atoms with Crippen LogP contribution in [0.1, 0.15) is 5.56 Å². The molecule has 0 saturated heterocycles. The largest absolute Gasteiger partial charge is 0.489 e. The van der Waals surface area contributed by atoms with Crippen LogP contribution in [0.5, 0.6) is 5.75 Å². The van der Waals surface area contributed by atoms with Crippen LogP contribution in [0.25, 0.3) is 6.08 Å². The third-order valence-corrected chi connectivity index (χ3v) is 3.54. The van der Waals surface area contributed by atoms with Crippen molar-refractivity contribution in [3.63, 3.8) is 0 Å². The molecule has 2 aromatic carbocycles. The lowest BCUT2D eigenvalue weighted by atomic mass is 10.1. The average molecular weight is 347 g/mol. The Kier molecular flexibility index (Phi) is 5.58. The molecule has 0 aliphatic carbocycles.